The van der Waals surface area contributed by atoms with Crippen molar-refractivity contribution in [1.29, 1.82) is 0 Å². The van der Waals surface area contributed by atoms with Crippen molar-refractivity contribution in [3.63, 3.8) is 0 Å². The lowest BCUT2D eigenvalue weighted by atomic mass is 10.2. The second-order valence-electron chi connectivity index (χ2n) is 3.06. The summed E-state index contributed by atoms with van der Waals surface area (Å²) in [6.45, 7) is 0. The highest BCUT2D eigenvalue weighted by Crippen LogP contribution is 2.27. The predicted octanol–water partition coefficient (Wildman–Crippen LogP) is -1.35. The molecular formula is C9H7ClF3N3. The van der Waals surface area contributed by atoms with Crippen molar-refractivity contribution in [2.75, 3.05) is 5.73 Å². The van der Waals surface area contributed by atoms with E-state index in [4.69, 9.17) is 5.73 Å². The Hall–Kier alpha value is -1.56. The summed E-state index contributed by atoms with van der Waals surface area (Å²) in [6.07, 6.45) is -3.62. The summed E-state index contributed by atoms with van der Waals surface area (Å²) >= 11 is 0. The van der Waals surface area contributed by atoms with Gasteiger partial charge in [0, 0.05) is 11.8 Å². The van der Waals surface area contributed by atoms with Crippen LogP contribution in [-0.2, 0) is 6.18 Å². The van der Waals surface area contributed by atoms with E-state index in [9.17, 15) is 13.2 Å². The van der Waals surface area contributed by atoms with E-state index in [0.29, 0.717) is 11.2 Å². The second kappa shape index (κ2) is 4.13. The smallest absolute Gasteiger partial charge is 0.439 e. The largest absolute Gasteiger partial charge is 1.00 e. The zero-order chi connectivity index (χ0) is 11.1. The van der Waals surface area contributed by atoms with Gasteiger partial charge in [0.25, 0.3) is 0 Å². The number of aromatic nitrogens is 2. The summed E-state index contributed by atoms with van der Waals surface area (Å²) in [4.78, 5) is 5.99. The molecule has 0 aliphatic rings. The SMILES string of the molecule is Nc1ccc2[nH+]cc(C(F)(F)F)nc2c1.[Cl-]. The minimum Gasteiger partial charge on any atom is -1.00 e. The molecule has 0 amide bonds. The molecule has 1 aromatic heterocycles. The van der Waals surface area contributed by atoms with Gasteiger partial charge in [-0.05, 0) is 12.1 Å². The molecule has 1 heterocycles. The van der Waals surface area contributed by atoms with Gasteiger partial charge >= 0.3 is 6.18 Å². The first-order valence-corrected chi connectivity index (χ1v) is 4.12. The highest BCUT2D eigenvalue weighted by molar-refractivity contribution is 5.74. The van der Waals surface area contributed by atoms with Gasteiger partial charge in [-0.25, -0.2) is 9.97 Å². The number of hydrogen-bond acceptors (Lipinski definition) is 2. The van der Waals surface area contributed by atoms with Crippen molar-refractivity contribution >= 4 is 16.7 Å². The average molecular weight is 250 g/mol. The van der Waals surface area contributed by atoms with Crippen LogP contribution in [0.4, 0.5) is 18.9 Å². The first-order valence-electron chi connectivity index (χ1n) is 4.12. The van der Waals surface area contributed by atoms with Gasteiger partial charge in [0.15, 0.2) is 6.20 Å². The molecule has 86 valence electrons. The quantitative estimate of drug-likeness (QED) is 0.588. The zero-order valence-electron chi connectivity index (χ0n) is 7.85. The van der Waals surface area contributed by atoms with Gasteiger partial charge < -0.3 is 18.1 Å². The van der Waals surface area contributed by atoms with Gasteiger partial charge in [-0.2, -0.15) is 13.2 Å². The van der Waals surface area contributed by atoms with Gasteiger partial charge in [0.1, 0.15) is 5.52 Å². The summed E-state index contributed by atoms with van der Waals surface area (Å²) in [5.41, 5.74) is 5.58. The molecule has 16 heavy (non-hydrogen) atoms. The van der Waals surface area contributed by atoms with Gasteiger partial charge in [0.2, 0.25) is 11.2 Å². The number of nitrogens with zero attached hydrogens (tertiary/aromatic N) is 1. The van der Waals surface area contributed by atoms with Crippen LogP contribution in [0.1, 0.15) is 5.69 Å². The number of halogens is 4. The van der Waals surface area contributed by atoms with Crippen LogP contribution in [0, 0.1) is 0 Å². The van der Waals surface area contributed by atoms with Crippen molar-refractivity contribution in [1.82, 2.24) is 4.98 Å². The standard InChI is InChI=1S/C9H6F3N3.ClH/c10-9(11,12)8-4-14-6-2-1-5(13)3-7(6)15-8;/h1-4H,13H2;1H. The van der Waals surface area contributed by atoms with Crippen LogP contribution in [0.3, 0.4) is 0 Å². The van der Waals surface area contributed by atoms with E-state index in [0.717, 1.165) is 6.20 Å². The van der Waals surface area contributed by atoms with Crippen molar-refractivity contribution in [2.45, 2.75) is 6.18 Å². The van der Waals surface area contributed by atoms with Crippen LogP contribution >= 0.6 is 0 Å². The van der Waals surface area contributed by atoms with Crippen molar-refractivity contribution in [3.05, 3.63) is 30.1 Å². The van der Waals surface area contributed by atoms with Crippen LogP contribution in [0.5, 0.6) is 0 Å². The zero-order valence-corrected chi connectivity index (χ0v) is 8.60. The number of rotatable bonds is 0. The van der Waals surface area contributed by atoms with E-state index in [-0.39, 0.29) is 17.9 Å². The van der Waals surface area contributed by atoms with Crippen molar-refractivity contribution in [2.24, 2.45) is 0 Å². The van der Waals surface area contributed by atoms with E-state index in [1.165, 1.54) is 6.07 Å². The number of anilines is 1. The molecule has 0 aliphatic carbocycles. The topological polar surface area (TPSA) is 53.0 Å². The molecule has 0 fully saturated rings. The third-order valence-corrected chi connectivity index (χ3v) is 1.92. The van der Waals surface area contributed by atoms with Crippen molar-refractivity contribution < 1.29 is 30.6 Å². The van der Waals surface area contributed by atoms with Crippen LogP contribution in [0.2, 0.25) is 0 Å². The lowest BCUT2D eigenvalue weighted by Crippen LogP contribution is -3.00. The van der Waals surface area contributed by atoms with E-state index >= 15 is 0 Å². The summed E-state index contributed by atoms with van der Waals surface area (Å²) in [5, 5.41) is 0. The third-order valence-electron chi connectivity index (χ3n) is 1.92. The maximum Gasteiger partial charge on any atom is 0.439 e. The van der Waals surface area contributed by atoms with Crippen LogP contribution < -0.4 is 23.1 Å². The Balaban J connectivity index is 0.00000128. The predicted molar refractivity (Wildman–Crippen MR) is 47.7 cm³/mol. The summed E-state index contributed by atoms with van der Waals surface area (Å²) in [7, 11) is 0. The Labute approximate surface area is 94.9 Å². The number of nitrogens with one attached hydrogen (secondary N) is 1. The fourth-order valence-electron chi connectivity index (χ4n) is 1.22. The summed E-state index contributed by atoms with van der Waals surface area (Å²) in [5.74, 6) is 0. The summed E-state index contributed by atoms with van der Waals surface area (Å²) in [6, 6.07) is 4.56. The molecule has 0 spiro atoms. The molecule has 0 radical (unpaired) electrons. The van der Waals surface area contributed by atoms with Crippen LogP contribution in [-0.4, -0.2) is 4.98 Å². The molecule has 3 N–H and O–H groups in total. The first kappa shape index (κ1) is 12.5. The van der Waals surface area contributed by atoms with Crippen LogP contribution in [0.25, 0.3) is 11.0 Å². The van der Waals surface area contributed by atoms with E-state index in [1.807, 2.05) is 0 Å². The summed E-state index contributed by atoms with van der Waals surface area (Å²) < 4.78 is 36.9. The molecule has 0 saturated carbocycles. The van der Waals surface area contributed by atoms with Gasteiger partial charge in [-0.3, -0.25) is 0 Å². The fourth-order valence-corrected chi connectivity index (χ4v) is 1.22. The number of H-pyrrole nitrogens is 1. The molecule has 0 unspecified atom stereocenters. The highest BCUT2D eigenvalue weighted by atomic mass is 35.5. The maximum atomic E-state index is 12.3. The molecule has 0 atom stereocenters. The Morgan fingerprint density at radius 2 is 1.94 bits per heavy atom. The third kappa shape index (κ3) is 2.33. The maximum absolute atomic E-state index is 12.3. The number of nitrogens with two attached hydrogens (primary N) is 1. The number of fused-ring (bicyclic) bond motifs is 1. The van der Waals surface area contributed by atoms with E-state index in [2.05, 4.69) is 9.97 Å². The normalized spacial score (nSPS) is 11.2. The molecule has 2 rings (SSSR count). The van der Waals surface area contributed by atoms with Gasteiger partial charge in [-0.1, -0.05) is 0 Å². The Bertz CT molecular complexity index is 513. The van der Waals surface area contributed by atoms with E-state index < -0.39 is 11.9 Å². The van der Waals surface area contributed by atoms with Crippen molar-refractivity contribution in [3.8, 4) is 0 Å². The van der Waals surface area contributed by atoms with E-state index in [1.54, 1.807) is 12.1 Å². The minimum atomic E-state index is -4.45. The average Bonchev–Trinajstić information content (AvgIpc) is 2.15. The number of benzene rings is 1. The minimum absolute atomic E-state index is 0. The highest BCUT2D eigenvalue weighted by Gasteiger charge is 2.35. The molecule has 3 nitrogen and oxygen atoms in total. The Kier molecular flexibility index (Phi) is 3.23. The lowest BCUT2D eigenvalue weighted by Gasteiger charge is -2.02. The number of nitrogen functional groups attached to an aromatic ring is 1. The lowest BCUT2D eigenvalue weighted by molar-refractivity contribution is -0.349. The molecule has 0 aliphatic heterocycles. The monoisotopic (exact) mass is 249 g/mol. The number of hydrogen-bond donors (Lipinski definition) is 1. The molecule has 2 aromatic rings. The number of alkyl halides is 3. The number of aromatic amines is 1. The second-order valence-corrected chi connectivity index (χ2v) is 3.06. The van der Waals surface area contributed by atoms with Gasteiger partial charge in [0.05, 0.1) is 0 Å². The van der Waals surface area contributed by atoms with Gasteiger partial charge in [-0.15, -0.1) is 0 Å². The van der Waals surface area contributed by atoms with Crippen LogP contribution in [0.15, 0.2) is 24.4 Å². The molecule has 7 heteroatoms. The molecule has 1 aromatic carbocycles. The fraction of sp³-hybridized carbons (Fsp3) is 0.111. The Morgan fingerprint density at radius 1 is 1.25 bits per heavy atom. The molecule has 0 bridgehead atoms. The molecule has 0 saturated heterocycles. The Morgan fingerprint density at radius 3 is 2.56 bits per heavy atom. The molecular weight excluding hydrogens is 243 g/mol. The first-order chi connectivity index (χ1) is 6.97.